The average molecular weight is 290 g/mol. The van der Waals surface area contributed by atoms with E-state index >= 15 is 0 Å². The van der Waals surface area contributed by atoms with Crippen LogP contribution >= 0.6 is 11.8 Å². The highest BCUT2D eigenvalue weighted by Gasteiger charge is 2.14. The van der Waals surface area contributed by atoms with Gasteiger partial charge in [-0.2, -0.15) is 16.9 Å². The van der Waals surface area contributed by atoms with Crippen LogP contribution in [0.25, 0.3) is 5.69 Å². The number of nitrogens with zero attached hydrogens (tertiary/aromatic N) is 3. The minimum Gasteiger partial charge on any atom is -0.399 e. The number of nitrogens with two attached hydrogens (primary N) is 1. The van der Waals surface area contributed by atoms with E-state index in [0.29, 0.717) is 17.9 Å². The molecule has 2 aromatic rings. The minimum atomic E-state index is -0.0618. The van der Waals surface area contributed by atoms with Gasteiger partial charge in [0.05, 0.1) is 5.69 Å². The Morgan fingerprint density at radius 2 is 2.05 bits per heavy atom. The first-order valence-electron chi connectivity index (χ1n) is 6.28. The highest BCUT2D eigenvalue weighted by atomic mass is 32.2. The molecule has 0 saturated heterocycles. The monoisotopic (exact) mass is 290 g/mol. The summed E-state index contributed by atoms with van der Waals surface area (Å²) in [6.45, 7) is 0.717. The van der Waals surface area contributed by atoms with Gasteiger partial charge in [-0.25, -0.2) is 4.68 Å². The number of thioether (sulfide) groups is 1. The molecule has 0 unspecified atom stereocenters. The van der Waals surface area contributed by atoms with Gasteiger partial charge in [0.15, 0.2) is 5.69 Å². The third kappa shape index (κ3) is 3.33. The third-order valence-corrected chi connectivity index (χ3v) is 3.53. The molecular formula is C14H18N4OS. The summed E-state index contributed by atoms with van der Waals surface area (Å²) in [4.78, 5) is 13.9. The zero-order chi connectivity index (χ0) is 14.5. The molecule has 0 radical (unpaired) electrons. The van der Waals surface area contributed by atoms with Crippen molar-refractivity contribution in [3.05, 3.63) is 42.2 Å². The number of carbonyl (C=O) groups is 1. The maximum Gasteiger partial charge on any atom is 0.274 e. The lowest BCUT2D eigenvalue weighted by molar-refractivity contribution is 0.0797. The third-order valence-electron chi connectivity index (χ3n) is 2.94. The normalized spacial score (nSPS) is 10.5. The van der Waals surface area contributed by atoms with Gasteiger partial charge >= 0.3 is 0 Å². The van der Waals surface area contributed by atoms with E-state index in [4.69, 9.17) is 5.73 Å². The fourth-order valence-corrected chi connectivity index (χ4v) is 2.19. The Labute approximate surface area is 122 Å². The topological polar surface area (TPSA) is 64.2 Å². The molecular weight excluding hydrogens is 272 g/mol. The molecule has 0 bridgehead atoms. The van der Waals surface area contributed by atoms with Gasteiger partial charge in [-0.05, 0) is 36.6 Å². The molecule has 5 nitrogen and oxygen atoms in total. The number of carbonyl (C=O) groups excluding carboxylic acids is 1. The van der Waals surface area contributed by atoms with Crippen LogP contribution in [-0.4, -0.2) is 46.2 Å². The summed E-state index contributed by atoms with van der Waals surface area (Å²) in [5.74, 6) is 0.856. The lowest BCUT2D eigenvalue weighted by atomic mass is 10.3. The predicted molar refractivity (Wildman–Crippen MR) is 83.3 cm³/mol. The number of hydrogen-bond donors (Lipinski definition) is 1. The van der Waals surface area contributed by atoms with Gasteiger partial charge in [-0.15, -0.1) is 0 Å². The molecule has 0 spiro atoms. The standard InChI is InChI=1S/C14H18N4OS/c1-17(9-10-20-2)14(19)13-7-8-18(16-13)12-5-3-11(15)4-6-12/h3-8H,9-10,15H2,1-2H3. The van der Waals surface area contributed by atoms with Crippen molar-refractivity contribution in [1.29, 1.82) is 0 Å². The smallest absolute Gasteiger partial charge is 0.274 e. The van der Waals surface area contributed by atoms with Crippen LogP contribution in [0.5, 0.6) is 0 Å². The SMILES string of the molecule is CSCCN(C)C(=O)c1ccn(-c2ccc(N)cc2)n1. The summed E-state index contributed by atoms with van der Waals surface area (Å²) in [5, 5.41) is 4.32. The summed E-state index contributed by atoms with van der Waals surface area (Å²) in [6, 6.07) is 9.09. The molecule has 106 valence electrons. The predicted octanol–water partition coefficient (Wildman–Crippen LogP) is 1.89. The first kappa shape index (κ1) is 14.5. The van der Waals surface area contributed by atoms with Crippen LogP contribution in [0.15, 0.2) is 36.5 Å². The minimum absolute atomic E-state index is 0.0618. The van der Waals surface area contributed by atoms with Crippen molar-refractivity contribution >= 4 is 23.4 Å². The van der Waals surface area contributed by atoms with Gasteiger partial charge in [0.2, 0.25) is 0 Å². The summed E-state index contributed by atoms with van der Waals surface area (Å²) >= 11 is 1.71. The molecule has 0 aliphatic carbocycles. The van der Waals surface area contributed by atoms with Crippen LogP contribution in [0.3, 0.4) is 0 Å². The molecule has 2 rings (SSSR count). The zero-order valence-corrected chi connectivity index (χ0v) is 12.4. The number of rotatable bonds is 5. The van der Waals surface area contributed by atoms with Gasteiger partial charge in [0, 0.05) is 31.2 Å². The van der Waals surface area contributed by atoms with Crippen LogP contribution in [0.2, 0.25) is 0 Å². The fourth-order valence-electron chi connectivity index (χ4n) is 1.73. The van der Waals surface area contributed by atoms with Crippen molar-refractivity contribution in [2.75, 3.05) is 31.3 Å². The first-order valence-corrected chi connectivity index (χ1v) is 7.67. The summed E-state index contributed by atoms with van der Waals surface area (Å²) in [5.41, 5.74) is 7.68. The number of nitrogen functional groups attached to an aromatic ring is 1. The van der Waals surface area contributed by atoms with Crippen molar-refractivity contribution in [1.82, 2.24) is 14.7 Å². The maximum absolute atomic E-state index is 12.2. The zero-order valence-electron chi connectivity index (χ0n) is 11.6. The lowest BCUT2D eigenvalue weighted by Crippen LogP contribution is -2.29. The molecule has 0 fully saturated rings. The van der Waals surface area contributed by atoms with Crippen LogP contribution in [-0.2, 0) is 0 Å². The average Bonchev–Trinajstić information content (AvgIpc) is 2.94. The second kappa shape index (κ2) is 6.47. The molecule has 1 amide bonds. The molecule has 20 heavy (non-hydrogen) atoms. The Kier molecular flexibility index (Phi) is 4.68. The number of benzene rings is 1. The quantitative estimate of drug-likeness (QED) is 0.854. The van der Waals surface area contributed by atoms with E-state index in [2.05, 4.69) is 5.10 Å². The Morgan fingerprint density at radius 3 is 2.70 bits per heavy atom. The summed E-state index contributed by atoms with van der Waals surface area (Å²) < 4.78 is 1.68. The molecule has 1 aromatic carbocycles. The summed E-state index contributed by atoms with van der Waals surface area (Å²) in [7, 11) is 1.79. The molecule has 0 aliphatic heterocycles. The van der Waals surface area contributed by atoms with E-state index < -0.39 is 0 Å². The van der Waals surface area contributed by atoms with Gasteiger partial charge in [0.25, 0.3) is 5.91 Å². The largest absolute Gasteiger partial charge is 0.399 e. The summed E-state index contributed by atoms with van der Waals surface area (Å²) in [6.07, 6.45) is 3.80. The van der Waals surface area contributed by atoms with Gasteiger partial charge in [-0.3, -0.25) is 4.79 Å². The number of anilines is 1. The van der Waals surface area contributed by atoms with Gasteiger partial charge in [-0.1, -0.05) is 0 Å². The maximum atomic E-state index is 12.2. The number of aromatic nitrogens is 2. The van der Waals surface area contributed by atoms with Crippen molar-refractivity contribution in [2.45, 2.75) is 0 Å². The Balaban J connectivity index is 2.12. The molecule has 1 heterocycles. The van der Waals surface area contributed by atoms with E-state index in [1.54, 1.807) is 40.7 Å². The second-order valence-corrected chi connectivity index (χ2v) is 5.44. The van der Waals surface area contributed by atoms with E-state index in [0.717, 1.165) is 11.4 Å². The van der Waals surface area contributed by atoms with Crippen LogP contribution in [0.4, 0.5) is 5.69 Å². The van der Waals surface area contributed by atoms with E-state index in [1.165, 1.54) is 0 Å². The first-order chi connectivity index (χ1) is 9.61. The number of hydrogen-bond acceptors (Lipinski definition) is 4. The number of amides is 1. The Bertz CT molecular complexity index is 579. The van der Waals surface area contributed by atoms with Crippen LogP contribution < -0.4 is 5.73 Å². The molecule has 0 saturated carbocycles. The Hall–Kier alpha value is -1.95. The molecule has 1 aromatic heterocycles. The van der Waals surface area contributed by atoms with E-state index in [1.807, 2.05) is 30.5 Å². The Morgan fingerprint density at radius 1 is 1.35 bits per heavy atom. The van der Waals surface area contributed by atoms with Crippen LogP contribution in [0, 0.1) is 0 Å². The fraction of sp³-hybridized carbons (Fsp3) is 0.286. The van der Waals surface area contributed by atoms with Crippen LogP contribution in [0.1, 0.15) is 10.5 Å². The van der Waals surface area contributed by atoms with Crippen molar-refractivity contribution in [3.8, 4) is 5.69 Å². The van der Waals surface area contributed by atoms with E-state index in [9.17, 15) is 4.79 Å². The molecule has 2 N–H and O–H groups in total. The second-order valence-electron chi connectivity index (χ2n) is 4.46. The highest BCUT2D eigenvalue weighted by Crippen LogP contribution is 2.11. The van der Waals surface area contributed by atoms with Crippen molar-refractivity contribution in [2.24, 2.45) is 0 Å². The van der Waals surface area contributed by atoms with E-state index in [-0.39, 0.29) is 5.91 Å². The molecule has 0 aliphatic rings. The van der Waals surface area contributed by atoms with Gasteiger partial charge in [0.1, 0.15) is 0 Å². The van der Waals surface area contributed by atoms with Gasteiger partial charge < -0.3 is 10.6 Å². The molecule has 0 atom stereocenters. The molecule has 6 heteroatoms. The highest BCUT2D eigenvalue weighted by molar-refractivity contribution is 7.98. The van der Waals surface area contributed by atoms with Crippen molar-refractivity contribution in [3.63, 3.8) is 0 Å². The van der Waals surface area contributed by atoms with Crippen molar-refractivity contribution < 1.29 is 4.79 Å². The lowest BCUT2D eigenvalue weighted by Gasteiger charge is -2.14.